The van der Waals surface area contributed by atoms with Crippen LogP contribution in [-0.2, 0) is 17.7 Å². The summed E-state index contributed by atoms with van der Waals surface area (Å²) in [5, 5.41) is 21.4. The molecule has 0 atom stereocenters. The van der Waals surface area contributed by atoms with E-state index in [0.717, 1.165) is 46.5 Å². The highest BCUT2D eigenvalue weighted by molar-refractivity contribution is 5.69. The first kappa shape index (κ1) is 25.2. The first-order valence-electron chi connectivity index (χ1n) is 12.5. The molecule has 2 aromatic heterocycles. The van der Waals surface area contributed by atoms with Gasteiger partial charge >= 0.3 is 0 Å². The van der Waals surface area contributed by atoms with E-state index in [0.29, 0.717) is 26.3 Å². The zero-order valence-corrected chi connectivity index (χ0v) is 21.0. The molecule has 0 radical (unpaired) electrons. The molecule has 10 heteroatoms. The Morgan fingerprint density at radius 3 is 2.61 bits per heavy atom. The lowest BCUT2D eigenvalue weighted by atomic mass is 10.1. The summed E-state index contributed by atoms with van der Waals surface area (Å²) >= 11 is 0. The molecule has 5 rings (SSSR count). The van der Waals surface area contributed by atoms with Gasteiger partial charge in [-0.15, -0.1) is 5.11 Å². The van der Waals surface area contributed by atoms with Gasteiger partial charge in [0.2, 0.25) is 0 Å². The van der Waals surface area contributed by atoms with Crippen LogP contribution in [0.5, 0.6) is 5.75 Å². The summed E-state index contributed by atoms with van der Waals surface area (Å²) in [5.41, 5.74) is 5.48. The van der Waals surface area contributed by atoms with Crippen LogP contribution in [0.15, 0.2) is 77.1 Å². The summed E-state index contributed by atoms with van der Waals surface area (Å²) in [6.07, 6.45) is 1.86. The molecule has 0 bridgehead atoms. The van der Waals surface area contributed by atoms with Crippen LogP contribution in [0.2, 0.25) is 0 Å². The largest absolute Gasteiger partial charge is 0.508 e. The molecule has 0 unspecified atom stereocenters. The first-order valence-corrected chi connectivity index (χ1v) is 12.5. The first-order chi connectivity index (χ1) is 18.6. The molecule has 0 spiro atoms. The van der Waals surface area contributed by atoms with Crippen molar-refractivity contribution >= 4 is 23.1 Å². The lowest BCUT2D eigenvalue weighted by Gasteiger charge is -2.27. The Hall–Kier alpha value is -4.44. The minimum absolute atomic E-state index is 0.107. The molecule has 194 valence electrons. The SMILES string of the molecule is CCc1nc(CN=Nc2ncc(F)c(N3CCOCC3)n2)ccc1Nc1ccc(-c2cccc(O)c2)cc1. The summed E-state index contributed by atoms with van der Waals surface area (Å²) in [5.74, 6) is 0.0770. The topological polar surface area (TPSA) is 108 Å². The van der Waals surface area contributed by atoms with Crippen molar-refractivity contribution < 1.29 is 14.2 Å². The van der Waals surface area contributed by atoms with Crippen LogP contribution in [0.4, 0.5) is 27.5 Å². The van der Waals surface area contributed by atoms with Crippen LogP contribution < -0.4 is 10.2 Å². The molecule has 0 aliphatic carbocycles. The van der Waals surface area contributed by atoms with Gasteiger partial charge in [-0.1, -0.05) is 31.2 Å². The number of ether oxygens (including phenoxy) is 1. The number of halogens is 1. The van der Waals surface area contributed by atoms with Crippen molar-refractivity contribution in [1.82, 2.24) is 15.0 Å². The zero-order chi connectivity index (χ0) is 26.3. The number of azo groups is 1. The molecule has 3 heterocycles. The summed E-state index contributed by atoms with van der Waals surface area (Å²) in [4.78, 5) is 14.7. The van der Waals surface area contributed by atoms with Crippen molar-refractivity contribution in [2.24, 2.45) is 10.2 Å². The van der Waals surface area contributed by atoms with E-state index < -0.39 is 5.82 Å². The van der Waals surface area contributed by atoms with Gasteiger partial charge in [-0.05, 0) is 53.9 Å². The van der Waals surface area contributed by atoms with Gasteiger partial charge in [0.1, 0.15) is 12.3 Å². The molecule has 0 saturated carbocycles. The zero-order valence-electron chi connectivity index (χ0n) is 21.0. The van der Waals surface area contributed by atoms with Crippen molar-refractivity contribution in [1.29, 1.82) is 0 Å². The molecular weight excluding hydrogens is 485 g/mol. The fourth-order valence-electron chi connectivity index (χ4n) is 4.17. The molecule has 9 nitrogen and oxygen atoms in total. The number of pyridine rings is 1. The van der Waals surface area contributed by atoms with Gasteiger partial charge in [0.25, 0.3) is 5.95 Å². The number of hydrogen-bond donors (Lipinski definition) is 2. The fourth-order valence-corrected chi connectivity index (χ4v) is 4.17. The number of aromatic hydroxyl groups is 1. The predicted molar refractivity (Wildman–Crippen MR) is 144 cm³/mol. The second kappa shape index (κ2) is 11.7. The molecule has 1 aliphatic rings. The maximum atomic E-state index is 14.2. The number of morpholine rings is 1. The van der Waals surface area contributed by atoms with Crippen molar-refractivity contribution in [3.8, 4) is 16.9 Å². The molecule has 1 saturated heterocycles. The Bertz CT molecular complexity index is 1420. The number of anilines is 3. The van der Waals surface area contributed by atoms with Crippen LogP contribution in [0.25, 0.3) is 11.1 Å². The monoisotopic (exact) mass is 513 g/mol. The minimum atomic E-state index is -0.489. The van der Waals surface area contributed by atoms with Crippen LogP contribution >= 0.6 is 0 Å². The normalized spacial score (nSPS) is 13.7. The maximum Gasteiger partial charge on any atom is 0.270 e. The molecule has 2 aromatic carbocycles. The van der Waals surface area contributed by atoms with Gasteiger partial charge in [-0.25, -0.2) is 9.37 Å². The summed E-state index contributed by atoms with van der Waals surface area (Å²) < 4.78 is 19.5. The molecule has 38 heavy (non-hydrogen) atoms. The van der Waals surface area contributed by atoms with Crippen molar-refractivity contribution in [3.05, 3.63) is 84.1 Å². The maximum absolute atomic E-state index is 14.2. The number of nitrogens with zero attached hydrogens (tertiary/aromatic N) is 6. The number of phenolic OH excluding ortho intramolecular Hbond substituents is 1. The van der Waals surface area contributed by atoms with Gasteiger partial charge in [-0.2, -0.15) is 10.1 Å². The smallest absolute Gasteiger partial charge is 0.270 e. The molecule has 2 N–H and O–H groups in total. The molecule has 4 aromatic rings. The third-order valence-corrected chi connectivity index (χ3v) is 6.13. The van der Waals surface area contributed by atoms with Gasteiger partial charge < -0.3 is 20.1 Å². The molecule has 0 amide bonds. The van der Waals surface area contributed by atoms with E-state index in [1.165, 1.54) is 0 Å². The Kier molecular flexibility index (Phi) is 7.79. The van der Waals surface area contributed by atoms with Crippen LogP contribution in [0, 0.1) is 5.82 Å². The Balaban J connectivity index is 1.24. The van der Waals surface area contributed by atoms with Gasteiger partial charge in [0.15, 0.2) is 11.6 Å². The number of benzene rings is 2. The van der Waals surface area contributed by atoms with E-state index in [2.05, 4.69) is 25.5 Å². The standard InChI is InChI=1S/C28H28FN7O2/c1-2-25-26(32-21-8-6-19(7-9-21)20-4-3-5-23(37)16-20)11-10-22(33-25)17-31-35-28-30-18-24(29)27(34-28)36-12-14-38-15-13-36/h3-11,16,18,32,37H,2,12-15,17H2,1H3. The quantitative estimate of drug-likeness (QED) is 0.286. The summed E-state index contributed by atoms with van der Waals surface area (Å²) in [6.45, 7) is 4.48. The highest BCUT2D eigenvalue weighted by Crippen LogP contribution is 2.27. The Morgan fingerprint density at radius 1 is 1.03 bits per heavy atom. The Labute approximate surface area is 220 Å². The van der Waals surface area contributed by atoms with Gasteiger partial charge in [-0.3, -0.25) is 4.98 Å². The number of nitrogens with one attached hydrogen (secondary N) is 1. The second-order valence-electron chi connectivity index (χ2n) is 8.74. The van der Waals surface area contributed by atoms with E-state index in [1.807, 2.05) is 60.4 Å². The number of aryl methyl sites for hydroxylation is 1. The van der Waals surface area contributed by atoms with E-state index >= 15 is 0 Å². The summed E-state index contributed by atoms with van der Waals surface area (Å²) in [6, 6.07) is 19.1. The number of hydrogen-bond acceptors (Lipinski definition) is 9. The minimum Gasteiger partial charge on any atom is -0.508 e. The third-order valence-electron chi connectivity index (χ3n) is 6.13. The molecule has 1 aliphatic heterocycles. The summed E-state index contributed by atoms with van der Waals surface area (Å²) in [7, 11) is 0. The van der Waals surface area contributed by atoms with Crippen molar-refractivity contribution in [3.63, 3.8) is 0 Å². The van der Waals surface area contributed by atoms with Crippen LogP contribution in [-0.4, -0.2) is 46.4 Å². The predicted octanol–water partition coefficient (Wildman–Crippen LogP) is 5.81. The number of aromatic nitrogens is 3. The molecule has 1 fully saturated rings. The van der Waals surface area contributed by atoms with Gasteiger partial charge in [0.05, 0.1) is 36.5 Å². The number of rotatable bonds is 8. The molecular formula is C28H28FN7O2. The van der Waals surface area contributed by atoms with E-state index in [9.17, 15) is 9.50 Å². The van der Waals surface area contributed by atoms with Crippen LogP contribution in [0.1, 0.15) is 18.3 Å². The second-order valence-corrected chi connectivity index (χ2v) is 8.74. The van der Waals surface area contributed by atoms with Gasteiger partial charge in [0, 0.05) is 18.8 Å². The number of phenols is 1. The van der Waals surface area contributed by atoms with Crippen LogP contribution in [0.3, 0.4) is 0 Å². The van der Waals surface area contributed by atoms with E-state index in [-0.39, 0.29) is 24.1 Å². The third kappa shape index (κ3) is 6.09. The highest BCUT2D eigenvalue weighted by atomic mass is 19.1. The fraction of sp³-hybridized carbons (Fsp3) is 0.250. The average Bonchev–Trinajstić information content (AvgIpc) is 2.95. The lowest BCUT2D eigenvalue weighted by molar-refractivity contribution is 0.122. The van der Waals surface area contributed by atoms with E-state index in [1.54, 1.807) is 12.1 Å². The average molecular weight is 514 g/mol. The van der Waals surface area contributed by atoms with Crippen molar-refractivity contribution in [2.45, 2.75) is 19.9 Å². The lowest BCUT2D eigenvalue weighted by Crippen LogP contribution is -2.37. The highest BCUT2D eigenvalue weighted by Gasteiger charge is 2.17. The Morgan fingerprint density at radius 2 is 1.84 bits per heavy atom. The van der Waals surface area contributed by atoms with E-state index in [4.69, 9.17) is 9.72 Å². The van der Waals surface area contributed by atoms with Crippen molar-refractivity contribution in [2.75, 3.05) is 36.5 Å².